The lowest BCUT2D eigenvalue weighted by molar-refractivity contribution is -0.130. The zero-order valence-electron chi connectivity index (χ0n) is 19.1. The molecular formula is C25H28N6OS. The molecule has 5 rings (SSSR count). The van der Waals surface area contributed by atoms with Crippen molar-refractivity contribution in [2.45, 2.75) is 33.1 Å². The number of rotatable bonds is 6. The van der Waals surface area contributed by atoms with E-state index in [1.54, 1.807) is 11.3 Å². The summed E-state index contributed by atoms with van der Waals surface area (Å²) in [5.41, 5.74) is 2.76. The van der Waals surface area contributed by atoms with E-state index < -0.39 is 0 Å². The predicted octanol–water partition coefficient (Wildman–Crippen LogP) is 4.03. The molecule has 0 atom stereocenters. The van der Waals surface area contributed by atoms with Crippen molar-refractivity contribution in [2.24, 2.45) is 0 Å². The van der Waals surface area contributed by atoms with Crippen molar-refractivity contribution in [3.63, 3.8) is 0 Å². The number of aryl methyl sites for hydroxylation is 2. The zero-order chi connectivity index (χ0) is 22.8. The highest BCUT2D eigenvalue weighted by Gasteiger charge is 2.26. The van der Waals surface area contributed by atoms with Crippen LogP contribution in [0.3, 0.4) is 0 Å². The second-order valence-corrected chi connectivity index (χ2v) is 9.40. The van der Waals surface area contributed by atoms with E-state index in [1.807, 2.05) is 64.4 Å². The van der Waals surface area contributed by atoms with Gasteiger partial charge in [-0.2, -0.15) is 5.10 Å². The van der Waals surface area contributed by atoms with Crippen LogP contribution in [0.15, 0.2) is 47.8 Å². The van der Waals surface area contributed by atoms with E-state index in [0.717, 1.165) is 64.9 Å². The Morgan fingerprint density at radius 1 is 1.03 bits per heavy atom. The number of hydrogen-bond acceptors (Lipinski definition) is 6. The molecule has 0 spiro atoms. The lowest BCUT2D eigenvalue weighted by Crippen LogP contribution is -2.49. The van der Waals surface area contributed by atoms with Crippen LogP contribution in [-0.2, 0) is 17.6 Å². The Kier molecular flexibility index (Phi) is 6.09. The first-order valence-corrected chi connectivity index (χ1v) is 12.4. The molecule has 3 aromatic heterocycles. The number of thiophene rings is 1. The van der Waals surface area contributed by atoms with Crippen molar-refractivity contribution < 1.29 is 4.79 Å². The molecule has 0 N–H and O–H groups in total. The molecule has 1 aromatic carbocycles. The van der Waals surface area contributed by atoms with Gasteiger partial charge in [-0.25, -0.2) is 14.6 Å². The van der Waals surface area contributed by atoms with Gasteiger partial charge in [-0.3, -0.25) is 4.79 Å². The maximum absolute atomic E-state index is 12.7. The van der Waals surface area contributed by atoms with E-state index >= 15 is 0 Å². The fraction of sp³-hybridized carbons (Fsp3) is 0.360. The predicted molar refractivity (Wildman–Crippen MR) is 132 cm³/mol. The Balaban J connectivity index is 1.44. The summed E-state index contributed by atoms with van der Waals surface area (Å²) in [6.07, 6.45) is 2.29. The normalized spacial score (nSPS) is 14.2. The molecule has 0 aliphatic carbocycles. The van der Waals surface area contributed by atoms with E-state index in [2.05, 4.69) is 11.8 Å². The molecule has 1 saturated heterocycles. The Bertz CT molecular complexity index is 1240. The van der Waals surface area contributed by atoms with E-state index in [9.17, 15) is 4.79 Å². The fourth-order valence-corrected chi connectivity index (χ4v) is 5.06. The largest absolute Gasteiger partial charge is 0.352 e. The van der Waals surface area contributed by atoms with Crippen LogP contribution in [0.5, 0.6) is 0 Å². The number of piperazine rings is 1. The summed E-state index contributed by atoms with van der Waals surface area (Å²) < 4.78 is 1.93. The summed E-state index contributed by atoms with van der Waals surface area (Å²) in [5, 5.41) is 7.84. The highest BCUT2D eigenvalue weighted by Crippen LogP contribution is 2.30. The number of nitrogens with zero attached hydrogens (tertiary/aromatic N) is 6. The van der Waals surface area contributed by atoms with E-state index in [0.29, 0.717) is 19.5 Å². The minimum absolute atomic E-state index is 0.199. The van der Waals surface area contributed by atoms with Gasteiger partial charge < -0.3 is 9.80 Å². The topological polar surface area (TPSA) is 67.2 Å². The number of fused-ring (bicyclic) bond motifs is 1. The van der Waals surface area contributed by atoms with Gasteiger partial charge in [-0.1, -0.05) is 31.2 Å². The van der Waals surface area contributed by atoms with Gasteiger partial charge in [0.25, 0.3) is 0 Å². The minimum Gasteiger partial charge on any atom is -0.352 e. The average molecular weight is 461 g/mol. The Morgan fingerprint density at radius 3 is 2.52 bits per heavy atom. The van der Waals surface area contributed by atoms with Gasteiger partial charge in [0.15, 0.2) is 5.65 Å². The van der Waals surface area contributed by atoms with Crippen molar-refractivity contribution in [2.75, 3.05) is 31.1 Å². The number of hydrogen-bond donors (Lipinski definition) is 0. The summed E-state index contributed by atoms with van der Waals surface area (Å²) >= 11 is 1.64. The van der Waals surface area contributed by atoms with Crippen LogP contribution in [0.25, 0.3) is 16.7 Å². The molecule has 1 aliphatic rings. The smallest absolute Gasteiger partial charge is 0.227 e. The van der Waals surface area contributed by atoms with Crippen LogP contribution < -0.4 is 4.90 Å². The molecule has 1 aliphatic heterocycles. The molecule has 0 bridgehead atoms. The van der Waals surface area contributed by atoms with E-state index in [-0.39, 0.29) is 5.91 Å². The third kappa shape index (κ3) is 4.35. The van der Waals surface area contributed by atoms with Gasteiger partial charge in [0.2, 0.25) is 5.91 Å². The third-order valence-electron chi connectivity index (χ3n) is 6.04. The van der Waals surface area contributed by atoms with Crippen molar-refractivity contribution >= 4 is 34.1 Å². The second-order valence-electron chi connectivity index (χ2n) is 8.37. The number of aromatic nitrogens is 4. The van der Waals surface area contributed by atoms with Gasteiger partial charge in [0.1, 0.15) is 11.6 Å². The second kappa shape index (κ2) is 9.31. The van der Waals surface area contributed by atoms with Crippen molar-refractivity contribution in [3.05, 3.63) is 64.2 Å². The van der Waals surface area contributed by atoms with Gasteiger partial charge in [-0.15, -0.1) is 11.3 Å². The molecule has 1 fully saturated rings. The van der Waals surface area contributed by atoms with Crippen molar-refractivity contribution in [1.82, 2.24) is 24.6 Å². The highest BCUT2D eigenvalue weighted by atomic mass is 32.1. The number of carbonyl (C=O) groups is 1. The number of carbonyl (C=O) groups excluding carboxylic acids is 1. The lowest BCUT2D eigenvalue weighted by Gasteiger charge is -2.35. The fourth-order valence-electron chi connectivity index (χ4n) is 4.36. The van der Waals surface area contributed by atoms with Crippen LogP contribution in [0.1, 0.15) is 29.7 Å². The van der Waals surface area contributed by atoms with Gasteiger partial charge in [0.05, 0.1) is 23.2 Å². The van der Waals surface area contributed by atoms with Crippen LogP contribution in [0, 0.1) is 6.92 Å². The molecular weight excluding hydrogens is 432 g/mol. The van der Waals surface area contributed by atoms with Crippen molar-refractivity contribution in [1.29, 1.82) is 0 Å². The number of benzene rings is 1. The SMILES string of the molecule is CCCc1nc(N2CCN(C(=O)Cc3cccs3)CC2)c2c(C)nn(-c3ccccc3)c2n1. The molecule has 170 valence electrons. The standard InChI is InChI=1S/C25H28N6OS/c1-3-8-21-26-24(23-18(2)28-31(25(23)27-21)19-9-5-4-6-10-19)30-14-12-29(13-15-30)22(32)17-20-11-7-16-33-20/h4-7,9-11,16H,3,8,12-15,17H2,1-2H3. The Hall–Kier alpha value is -3.26. The number of amides is 1. The molecule has 4 heterocycles. The molecule has 0 unspecified atom stereocenters. The summed E-state index contributed by atoms with van der Waals surface area (Å²) in [7, 11) is 0. The first-order chi connectivity index (χ1) is 16.1. The molecule has 8 heteroatoms. The summed E-state index contributed by atoms with van der Waals surface area (Å²) in [4.78, 5) is 28.0. The molecule has 1 amide bonds. The minimum atomic E-state index is 0.199. The van der Waals surface area contributed by atoms with Crippen LogP contribution in [-0.4, -0.2) is 56.7 Å². The molecule has 4 aromatic rings. The number of para-hydroxylation sites is 1. The van der Waals surface area contributed by atoms with E-state index in [4.69, 9.17) is 15.1 Å². The van der Waals surface area contributed by atoms with Crippen LogP contribution >= 0.6 is 11.3 Å². The Morgan fingerprint density at radius 2 is 1.82 bits per heavy atom. The number of anilines is 1. The molecule has 0 saturated carbocycles. The highest BCUT2D eigenvalue weighted by molar-refractivity contribution is 7.10. The monoisotopic (exact) mass is 460 g/mol. The van der Waals surface area contributed by atoms with Gasteiger partial charge >= 0.3 is 0 Å². The zero-order valence-corrected chi connectivity index (χ0v) is 19.9. The van der Waals surface area contributed by atoms with Crippen molar-refractivity contribution in [3.8, 4) is 5.69 Å². The molecule has 0 radical (unpaired) electrons. The van der Waals surface area contributed by atoms with Crippen LogP contribution in [0.2, 0.25) is 0 Å². The quantitative estimate of drug-likeness (QED) is 0.435. The maximum atomic E-state index is 12.7. The van der Waals surface area contributed by atoms with Gasteiger partial charge in [0, 0.05) is 37.5 Å². The molecule has 7 nitrogen and oxygen atoms in total. The lowest BCUT2D eigenvalue weighted by atomic mass is 10.2. The molecule has 33 heavy (non-hydrogen) atoms. The van der Waals surface area contributed by atoms with Gasteiger partial charge in [-0.05, 0) is 36.9 Å². The maximum Gasteiger partial charge on any atom is 0.227 e. The van der Waals surface area contributed by atoms with Crippen LogP contribution in [0.4, 0.5) is 5.82 Å². The first kappa shape index (κ1) is 21.6. The van der Waals surface area contributed by atoms with E-state index in [1.165, 1.54) is 0 Å². The third-order valence-corrected chi connectivity index (χ3v) is 6.92. The average Bonchev–Trinajstić information content (AvgIpc) is 3.47. The summed E-state index contributed by atoms with van der Waals surface area (Å²) in [5.74, 6) is 1.98. The Labute approximate surface area is 197 Å². The summed E-state index contributed by atoms with van der Waals surface area (Å²) in [6, 6.07) is 14.1. The first-order valence-electron chi connectivity index (χ1n) is 11.5. The summed E-state index contributed by atoms with van der Waals surface area (Å²) in [6.45, 7) is 7.07.